The lowest BCUT2D eigenvalue weighted by atomic mass is 10.0. The van der Waals surface area contributed by atoms with Crippen molar-refractivity contribution >= 4 is 43.3 Å². The maximum Gasteiger partial charge on any atom is 0.322 e. The van der Waals surface area contributed by atoms with Gasteiger partial charge in [0.2, 0.25) is 0 Å². The number of carbonyl (C=O) groups is 2. The molecule has 3 saturated heterocycles. The first-order chi connectivity index (χ1) is 18.5. The molecule has 3 aliphatic rings. The Morgan fingerprint density at radius 1 is 0.875 bits per heavy atom. The molecular formula is C26H54N3O8PS2. The number of nitrogens with zero attached hydrogens (tertiary/aromatic N) is 3. The number of hydrogen-bond donors (Lipinski definition) is 4. The van der Waals surface area contributed by atoms with E-state index in [1.165, 1.54) is 6.42 Å². The maximum absolute atomic E-state index is 11.0. The van der Waals surface area contributed by atoms with Crippen molar-refractivity contribution in [2.45, 2.75) is 72.2 Å². The van der Waals surface area contributed by atoms with Crippen molar-refractivity contribution in [1.29, 1.82) is 0 Å². The molecule has 3 rings (SSSR count). The van der Waals surface area contributed by atoms with Gasteiger partial charge >= 0.3 is 7.60 Å². The number of likely N-dealkylation sites (N-methyl/N-ethyl adjacent to an activating group) is 1. The fraction of sp³-hybridized carbons (Fsp3) is 0.923. The molecule has 4 atom stereocenters. The van der Waals surface area contributed by atoms with Gasteiger partial charge in [0.25, 0.3) is 10.5 Å². The lowest BCUT2D eigenvalue weighted by Crippen LogP contribution is -2.44. The second kappa shape index (κ2) is 21.3. The van der Waals surface area contributed by atoms with Gasteiger partial charge in [-0.25, -0.2) is 0 Å². The molecule has 238 valence electrons. The van der Waals surface area contributed by atoms with Crippen LogP contribution in [0.25, 0.3) is 0 Å². The van der Waals surface area contributed by atoms with E-state index in [0.717, 1.165) is 45.1 Å². The summed E-state index contributed by atoms with van der Waals surface area (Å²) in [6.45, 7) is 18.8. The van der Waals surface area contributed by atoms with E-state index in [4.69, 9.17) is 24.0 Å². The monoisotopic (exact) mass is 631 g/mol. The van der Waals surface area contributed by atoms with Crippen LogP contribution in [0.2, 0.25) is 0 Å². The lowest BCUT2D eigenvalue weighted by molar-refractivity contribution is -0.0288. The van der Waals surface area contributed by atoms with Crippen molar-refractivity contribution < 1.29 is 38.2 Å². The summed E-state index contributed by atoms with van der Waals surface area (Å²) in [7, 11) is -1.48. The Bertz CT molecular complexity index is 751. The first-order valence-corrected chi connectivity index (χ1v) is 17.0. The van der Waals surface area contributed by atoms with Crippen molar-refractivity contribution in [2.24, 2.45) is 11.8 Å². The number of rotatable bonds is 5. The highest BCUT2D eigenvalue weighted by Gasteiger charge is 2.23. The van der Waals surface area contributed by atoms with Gasteiger partial charge in [-0.05, 0) is 38.6 Å². The van der Waals surface area contributed by atoms with Gasteiger partial charge in [0.15, 0.2) is 0 Å². The predicted octanol–water partition coefficient (Wildman–Crippen LogP) is 4.09. The van der Waals surface area contributed by atoms with Crippen LogP contribution in [0.1, 0.15) is 53.9 Å². The molecule has 0 aliphatic carbocycles. The average Bonchev–Trinajstić information content (AvgIpc) is 2.83. The third kappa shape index (κ3) is 22.3. The van der Waals surface area contributed by atoms with E-state index in [2.05, 4.69) is 64.9 Å². The molecule has 0 aromatic carbocycles. The molecule has 0 radical (unpaired) electrons. The minimum absolute atomic E-state index is 0.137. The van der Waals surface area contributed by atoms with E-state index in [9.17, 15) is 14.2 Å². The van der Waals surface area contributed by atoms with Crippen LogP contribution in [0.4, 0.5) is 9.59 Å². The second-order valence-electron chi connectivity index (χ2n) is 11.1. The topological polar surface area (TPSA) is 129 Å². The van der Waals surface area contributed by atoms with Gasteiger partial charge in [-0.3, -0.25) is 14.2 Å². The van der Waals surface area contributed by atoms with Gasteiger partial charge in [-0.2, -0.15) is 0 Å². The van der Waals surface area contributed by atoms with E-state index in [-0.39, 0.29) is 22.7 Å². The van der Waals surface area contributed by atoms with Crippen LogP contribution < -0.4 is 0 Å². The molecule has 3 fully saturated rings. The molecule has 2 amide bonds. The third-order valence-electron chi connectivity index (χ3n) is 6.36. The Morgan fingerprint density at radius 2 is 1.32 bits per heavy atom. The van der Waals surface area contributed by atoms with Crippen LogP contribution in [0.15, 0.2) is 0 Å². The molecule has 0 bridgehead atoms. The van der Waals surface area contributed by atoms with Gasteiger partial charge in [0.1, 0.15) is 0 Å². The third-order valence-corrected chi connectivity index (χ3v) is 6.92. The largest absolute Gasteiger partial charge is 0.376 e. The molecule has 0 aromatic rings. The van der Waals surface area contributed by atoms with Crippen LogP contribution in [-0.2, 0) is 18.8 Å². The molecular weight excluding hydrogens is 577 g/mol. The first kappa shape index (κ1) is 39.6. The predicted molar refractivity (Wildman–Crippen MR) is 166 cm³/mol. The first-order valence-electron chi connectivity index (χ1n) is 14.0. The fourth-order valence-corrected chi connectivity index (χ4v) is 4.54. The molecule has 0 aromatic heterocycles. The highest BCUT2D eigenvalue weighted by atomic mass is 32.1. The fourth-order valence-electron chi connectivity index (χ4n) is 4.18. The highest BCUT2D eigenvalue weighted by Crippen LogP contribution is 2.26. The summed E-state index contributed by atoms with van der Waals surface area (Å²) in [4.78, 5) is 42.7. The molecule has 40 heavy (non-hydrogen) atoms. The van der Waals surface area contributed by atoms with Crippen molar-refractivity contribution in [3.63, 3.8) is 0 Å². The highest BCUT2D eigenvalue weighted by molar-refractivity contribution is 7.96. The Morgan fingerprint density at radius 3 is 1.73 bits per heavy atom. The van der Waals surface area contributed by atoms with Gasteiger partial charge in [-0.15, -0.1) is 0 Å². The number of amides is 2. The molecule has 4 unspecified atom stereocenters. The quantitative estimate of drug-likeness (QED) is 0.262. The summed E-state index contributed by atoms with van der Waals surface area (Å²) >= 11 is 7.54. The summed E-state index contributed by atoms with van der Waals surface area (Å²) in [5, 5.41) is -0.294. The van der Waals surface area contributed by atoms with Gasteiger partial charge < -0.3 is 38.7 Å². The van der Waals surface area contributed by atoms with E-state index in [1.54, 1.807) is 9.80 Å². The van der Waals surface area contributed by atoms with Crippen LogP contribution in [-0.4, -0.2) is 126 Å². The van der Waals surface area contributed by atoms with Gasteiger partial charge in [0, 0.05) is 45.9 Å². The molecule has 0 saturated carbocycles. The smallest absolute Gasteiger partial charge is 0.322 e. The normalized spacial score (nSPS) is 24.4. The van der Waals surface area contributed by atoms with Gasteiger partial charge in [-0.1, -0.05) is 59.4 Å². The van der Waals surface area contributed by atoms with Crippen LogP contribution in [0, 0.1) is 11.8 Å². The molecule has 14 heteroatoms. The Labute approximate surface area is 252 Å². The van der Waals surface area contributed by atoms with E-state index in [1.807, 2.05) is 6.92 Å². The maximum atomic E-state index is 11.0. The SMILES string of the molecule is CC(C)CC1CN(C)CCO1.CC1CN(C(=O)S)CCO1.CCC(C)CC1CN(C(=O)S)CCO1.CP(=O)(O)O. The lowest BCUT2D eigenvalue weighted by Gasteiger charge is -2.32. The zero-order valence-corrected chi connectivity index (χ0v) is 28.1. The average molecular weight is 632 g/mol. The Hall–Kier alpha value is -0.370. The molecule has 3 aliphatic heterocycles. The second-order valence-corrected chi connectivity index (χ2v) is 13.5. The van der Waals surface area contributed by atoms with Crippen molar-refractivity contribution in [3.05, 3.63) is 0 Å². The minimum atomic E-state index is -3.64. The van der Waals surface area contributed by atoms with E-state index in [0.29, 0.717) is 51.4 Å². The Kier molecular flexibility index (Phi) is 21.1. The summed E-state index contributed by atoms with van der Waals surface area (Å²) in [6.07, 6.45) is 4.24. The summed E-state index contributed by atoms with van der Waals surface area (Å²) in [5.74, 6) is 1.42. The van der Waals surface area contributed by atoms with Crippen molar-refractivity contribution in [3.8, 4) is 0 Å². The van der Waals surface area contributed by atoms with Crippen LogP contribution in [0.5, 0.6) is 0 Å². The van der Waals surface area contributed by atoms with Crippen molar-refractivity contribution in [2.75, 3.05) is 72.8 Å². The summed E-state index contributed by atoms with van der Waals surface area (Å²) < 4.78 is 25.8. The number of morpholine rings is 3. The molecule has 0 spiro atoms. The van der Waals surface area contributed by atoms with Crippen LogP contribution >= 0.6 is 32.9 Å². The van der Waals surface area contributed by atoms with Crippen LogP contribution in [0.3, 0.4) is 0 Å². The summed E-state index contributed by atoms with van der Waals surface area (Å²) in [6, 6.07) is 0. The number of carbonyl (C=O) groups excluding carboxylic acids is 2. The standard InChI is InChI=1S/C10H19NO2S.C9H19NO.C6H11NO2S.CH5O3P/c1-3-8(2)6-9-7-11(10(12)14)4-5-13-9;1-8(2)6-9-7-10(3)4-5-11-9;1-5-4-7(6(8)10)2-3-9-5;1-5(2,3)4/h8-9H,3-7H2,1-2H3,(H,12,14);8-9H,4-7H2,1-3H3;5H,2-4H2,1H3,(H,8,10);1H3,(H2,2,3,4). The molecule has 2 N–H and O–H groups in total. The molecule has 3 heterocycles. The Balaban J connectivity index is 0.000000533. The van der Waals surface area contributed by atoms with E-state index >= 15 is 0 Å². The van der Waals surface area contributed by atoms with Gasteiger partial charge in [0.05, 0.1) is 38.1 Å². The zero-order chi connectivity index (χ0) is 30.9. The summed E-state index contributed by atoms with van der Waals surface area (Å²) in [5.41, 5.74) is 0. The molecule has 11 nitrogen and oxygen atoms in total. The number of hydrogen-bond acceptors (Lipinski definition) is 7. The van der Waals surface area contributed by atoms with E-state index < -0.39 is 7.60 Å². The van der Waals surface area contributed by atoms with Crippen molar-refractivity contribution in [1.82, 2.24) is 14.7 Å². The minimum Gasteiger partial charge on any atom is -0.376 e. The zero-order valence-electron chi connectivity index (χ0n) is 25.4. The number of thiol groups is 2. The number of ether oxygens (including phenoxy) is 3.